The van der Waals surface area contributed by atoms with E-state index in [1.165, 1.54) is 13.3 Å². The van der Waals surface area contributed by atoms with E-state index in [4.69, 9.17) is 9.47 Å². The Hall–Kier alpha value is -3.54. The Morgan fingerprint density at radius 3 is 2.28 bits per heavy atom. The van der Waals surface area contributed by atoms with E-state index in [9.17, 15) is 9.90 Å². The Morgan fingerprint density at radius 1 is 0.966 bits per heavy atom. The minimum atomic E-state index is -0.301. The van der Waals surface area contributed by atoms with Gasteiger partial charge in [0.15, 0.2) is 0 Å². The molecule has 0 aliphatic rings. The number of hydrogen-bond donors (Lipinski definition) is 2. The lowest BCUT2D eigenvalue weighted by Gasteiger charge is -2.12. The highest BCUT2D eigenvalue weighted by Gasteiger charge is 2.13. The maximum atomic E-state index is 12.7. The van der Waals surface area contributed by atoms with Crippen molar-refractivity contribution in [3.63, 3.8) is 0 Å². The molecule has 2 N–H and O–H groups in total. The minimum absolute atomic E-state index is 0. The van der Waals surface area contributed by atoms with E-state index in [0.29, 0.717) is 22.7 Å². The summed E-state index contributed by atoms with van der Waals surface area (Å²) < 4.78 is 10.5. The molecule has 152 valence electrons. The second kappa shape index (κ2) is 9.10. The highest BCUT2D eigenvalue weighted by atomic mass is 16.5. The van der Waals surface area contributed by atoms with Crippen LogP contribution in [0.1, 0.15) is 28.9 Å². The Kier molecular flexibility index (Phi) is 6.83. The standard InChI is InChI=1S/C22H22N2O4.CH4/c1-13-7-15(8-14(2)21(13)25)16-9-17(12-23-11-16)22(26)24-19-6-5-18(27-3)10-20(19)28-4;/h5-12,25H,1-4H3,(H,24,26);1H4. The molecule has 1 amide bonds. The predicted octanol–water partition coefficient (Wildman–Crippen LogP) is 4.98. The number of ether oxygens (including phenoxy) is 2. The number of nitrogens with one attached hydrogen (secondary N) is 1. The van der Waals surface area contributed by atoms with Crippen LogP contribution in [0.15, 0.2) is 48.8 Å². The van der Waals surface area contributed by atoms with Crippen LogP contribution in [0.25, 0.3) is 11.1 Å². The first kappa shape index (κ1) is 21.8. The number of aromatic hydroxyl groups is 1. The number of carbonyl (C=O) groups excluding carboxylic acids is 1. The van der Waals surface area contributed by atoms with Crippen molar-refractivity contribution in [1.29, 1.82) is 0 Å². The third-order valence-corrected chi connectivity index (χ3v) is 4.48. The molecule has 6 heteroatoms. The Labute approximate surface area is 171 Å². The van der Waals surface area contributed by atoms with E-state index in [1.807, 2.05) is 26.0 Å². The lowest BCUT2D eigenvalue weighted by atomic mass is 10.00. The van der Waals surface area contributed by atoms with Crippen LogP contribution in [-0.4, -0.2) is 30.2 Å². The average molecular weight is 394 g/mol. The number of anilines is 1. The zero-order valence-electron chi connectivity index (χ0n) is 16.2. The summed E-state index contributed by atoms with van der Waals surface area (Å²) >= 11 is 0. The number of carbonyl (C=O) groups is 1. The molecule has 0 aliphatic carbocycles. The van der Waals surface area contributed by atoms with Crippen molar-refractivity contribution in [1.82, 2.24) is 4.98 Å². The summed E-state index contributed by atoms with van der Waals surface area (Å²) in [7, 11) is 3.10. The number of nitrogens with zero attached hydrogens (tertiary/aromatic N) is 1. The fraction of sp³-hybridized carbons (Fsp3) is 0.217. The first-order chi connectivity index (χ1) is 13.4. The third-order valence-electron chi connectivity index (χ3n) is 4.48. The van der Waals surface area contributed by atoms with Crippen LogP contribution in [0.2, 0.25) is 0 Å². The van der Waals surface area contributed by atoms with Gasteiger partial charge in [0.25, 0.3) is 5.91 Å². The molecular formula is C23H26N2O4. The molecule has 1 aromatic heterocycles. The number of pyridine rings is 1. The molecule has 0 aliphatic heterocycles. The average Bonchev–Trinajstić information content (AvgIpc) is 2.71. The fourth-order valence-corrected chi connectivity index (χ4v) is 2.94. The summed E-state index contributed by atoms with van der Waals surface area (Å²) in [6.07, 6.45) is 3.20. The van der Waals surface area contributed by atoms with Crippen molar-refractivity contribution in [3.8, 4) is 28.4 Å². The van der Waals surface area contributed by atoms with Crippen molar-refractivity contribution in [2.45, 2.75) is 21.3 Å². The number of aromatic nitrogens is 1. The second-order valence-electron chi connectivity index (χ2n) is 6.44. The molecule has 29 heavy (non-hydrogen) atoms. The molecule has 0 spiro atoms. The van der Waals surface area contributed by atoms with Gasteiger partial charge in [-0.25, -0.2) is 0 Å². The highest BCUT2D eigenvalue weighted by molar-refractivity contribution is 6.05. The molecule has 3 rings (SSSR count). The van der Waals surface area contributed by atoms with Crippen molar-refractivity contribution in [2.24, 2.45) is 0 Å². The van der Waals surface area contributed by atoms with Crippen LogP contribution in [0, 0.1) is 13.8 Å². The van der Waals surface area contributed by atoms with Crippen LogP contribution in [0.5, 0.6) is 17.2 Å². The van der Waals surface area contributed by atoms with E-state index in [0.717, 1.165) is 22.3 Å². The van der Waals surface area contributed by atoms with Crippen molar-refractivity contribution in [2.75, 3.05) is 19.5 Å². The van der Waals surface area contributed by atoms with Crippen molar-refractivity contribution in [3.05, 3.63) is 65.5 Å². The van der Waals surface area contributed by atoms with Crippen LogP contribution in [0.3, 0.4) is 0 Å². The van der Waals surface area contributed by atoms with Gasteiger partial charge in [0.05, 0.1) is 25.5 Å². The van der Waals surface area contributed by atoms with Crippen LogP contribution >= 0.6 is 0 Å². The number of hydrogen-bond acceptors (Lipinski definition) is 5. The van der Waals surface area contributed by atoms with Gasteiger partial charge >= 0.3 is 0 Å². The molecule has 6 nitrogen and oxygen atoms in total. The molecule has 0 saturated heterocycles. The van der Waals surface area contributed by atoms with E-state index in [1.54, 1.807) is 37.6 Å². The van der Waals surface area contributed by atoms with Gasteiger partial charge in [0, 0.05) is 24.0 Å². The third kappa shape index (κ3) is 4.66. The van der Waals surface area contributed by atoms with Gasteiger partial charge in [-0.2, -0.15) is 0 Å². The molecule has 2 aromatic carbocycles. The molecule has 0 fully saturated rings. The molecule has 3 aromatic rings. The molecular weight excluding hydrogens is 368 g/mol. The smallest absolute Gasteiger partial charge is 0.257 e. The maximum Gasteiger partial charge on any atom is 0.257 e. The van der Waals surface area contributed by atoms with Crippen LogP contribution in [-0.2, 0) is 0 Å². The number of methoxy groups -OCH3 is 2. The second-order valence-corrected chi connectivity index (χ2v) is 6.44. The zero-order chi connectivity index (χ0) is 20.3. The molecule has 0 atom stereocenters. The molecule has 0 saturated carbocycles. The largest absolute Gasteiger partial charge is 0.507 e. The fourth-order valence-electron chi connectivity index (χ4n) is 2.94. The minimum Gasteiger partial charge on any atom is -0.507 e. The number of rotatable bonds is 5. The van der Waals surface area contributed by atoms with Crippen LogP contribution < -0.4 is 14.8 Å². The number of benzene rings is 2. The molecule has 0 radical (unpaired) electrons. The molecule has 0 bridgehead atoms. The van der Waals surface area contributed by atoms with Crippen molar-refractivity contribution < 1.29 is 19.4 Å². The predicted molar refractivity (Wildman–Crippen MR) is 115 cm³/mol. The number of phenols is 1. The van der Waals surface area contributed by atoms with E-state index >= 15 is 0 Å². The molecule has 1 heterocycles. The maximum absolute atomic E-state index is 12.7. The Morgan fingerprint density at radius 2 is 1.66 bits per heavy atom. The van der Waals surface area contributed by atoms with Gasteiger partial charge in [-0.3, -0.25) is 9.78 Å². The summed E-state index contributed by atoms with van der Waals surface area (Å²) in [5, 5.41) is 12.8. The van der Waals surface area contributed by atoms with E-state index < -0.39 is 0 Å². The summed E-state index contributed by atoms with van der Waals surface area (Å²) in [5.41, 5.74) is 4.17. The highest BCUT2D eigenvalue weighted by Crippen LogP contribution is 2.31. The lowest BCUT2D eigenvalue weighted by Crippen LogP contribution is -2.13. The number of amides is 1. The van der Waals surface area contributed by atoms with Crippen molar-refractivity contribution >= 4 is 11.6 Å². The lowest BCUT2D eigenvalue weighted by molar-refractivity contribution is 0.102. The monoisotopic (exact) mass is 394 g/mol. The normalized spacial score (nSPS) is 10.1. The first-order valence-electron chi connectivity index (χ1n) is 8.72. The summed E-state index contributed by atoms with van der Waals surface area (Å²) in [6.45, 7) is 3.68. The Balaban J connectivity index is 0.00000300. The van der Waals surface area contributed by atoms with Gasteiger partial charge in [-0.05, 0) is 60.9 Å². The van der Waals surface area contributed by atoms with E-state index in [-0.39, 0.29) is 19.1 Å². The van der Waals surface area contributed by atoms with Gasteiger partial charge in [-0.1, -0.05) is 7.43 Å². The van der Waals surface area contributed by atoms with Gasteiger partial charge < -0.3 is 19.9 Å². The number of aryl methyl sites for hydroxylation is 2. The zero-order valence-corrected chi connectivity index (χ0v) is 16.2. The topological polar surface area (TPSA) is 80.7 Å². The quantitative estimate of drug-likeness (QED) is 0.638. The first-order valence-corrected chi connectivity index (χ1v) is 8.72. The summed E-state index contributed by atoms with van der Waals surface area (Å²) in [4.78, 5) is 16.9. The molecule has 0 unspecified atom stereocenters. The summed E-state index contributed by atoms with van der Waals surface area (Å²) in [6, 6.07) is 10.7. The SMILES string of the molecule is C.COc1ccc(NC(=O)c2cncc(-c3cc(C)c(O)c(C)c3)c2)c(OC)c1. The van der Waals surface area contributed by atoms with Gasteiger partial charge in [0.1, 0.15) is 17.2 Å². The Bertz CT molecular complexity index is 1010. The van der Waals surface area contributed by atoms with E-state index in [2.05, 4.69) is 10.3 Å². The van der Waals surface area contributed by atoms with Crippen LogP contribution in [0.4, 0.5) is 5.69 Å². The van der Waals surface area contributed by atoms with Gasteiger partial charge in [-0.15, -0.1) is 0 Å². The summed E-state index contributed by atoms with van der Waals surface area (Å²) in [5.74, 6) is 1.11. The van der Waals surface area contributed by atoms with Gasteiger partial charge in [0.2, 0.25) is 0 Å². The number of phenolic OH excluding ortho intramolecular Hbond substituents is 1.